The van der Waals surface area contributed by atoms with Gasteiger partial charge in [0.1, 0.15) is 0 Å². The lowest BCUT2D eigenvalue weighted by Gasteiger charge is -2.26. The van der Waals surface area contributed by atoms with E-state index in [0.29, 0.717) is 5.88 Å². The molecule has 0 atom stereocenters. The Balaban J connectivity index is 0.00000225. The van der Waals surface area contributed by atoms with Crippen LogP contribution < -0.4 is 11.3 Å². The Morgan fingerprint density at radius 2 is 1.56 bits per heavy atom. The molecule has 0 aromatic heterocycles. The van der Waals surface area contributed by atoms with E-state index >= 15 is 0 Å². The molecule has 0 unspecified atom stereocenters. The maximum Gasteiger partial charge on any atom is 0.536 e. The Labute approximate surface area is 102 Å². The van der Waals surface area contributed by atoms with Crippen molar-refractivity contribution in [2.75, 3.05) is 21.3 Å². The summed E-state index contributed by atoms with van der Waals surface area (Å²) in [5, 5.41) is 0.924. The molecule has 1 rings (SSSR count). The van der Waals surface area contributed by atoms with Crippen molar-refractivity contribution < 1.29 is 13.3 Å². The summed E-state index contributed by atoms with van der Waals surface area (Å²) < 4.78 is 16.2. The zero-order chi connectivity index (χ0) is 11.3. The number of hydrogen-bond donors (Lipinski definition) is 1. The van der Waals surface area contributed by atoms with Crippen molar-refractivity contribution in [2.45, 2.75) is 5.88 Å². The van der Waals surface area contributed by atoms with Crippen molar-refractivity contribution in [1.29, 1.82) is 0 Å². The Bertz CT molecular complexity index is 312. The minimum Gasteiger partial charge on any atom is -0.373 e. The molecule has 0 radical (unpaired) electrons. The molecule has 0 spiro atoms. The molecule has 16 heavy (non-hydrogen) atoms. The van der Waals surface area contributed by atoms with Crippen molar-refractivity contribution in [3.8, 4) is 0 Å². The lowest BCUT2D eigenvalue weighted by atomic mass is 10.2. The van der Waals surface area contributed by atoms with Crippen LogP contribution in [0.3, 0.4) is 0 Å². The number of hydrogen-bond acceptors (Lipinski definition) is 4. The van der Waals surface area contributed by atoms with Crippen LogP contribution in [0.2, 0.25) is 0 Å². The second kappa shape index (κ2) is 7.00. The van der Waals surface area contributed by atoms with Crippen LogP contribution >= 0.6 is 11.6 Å². The maximum absolute atomic E-state index is 5.86. The predicted molar refractivity (Wildman–Crippen MR) is 67.4 cm³/mol. The fraction of sp³-hybridized carbons (Fsp3) is 0.400. The van der Waals surface area contributed by atoms with E-state index in [0.717, 1.165) is 10.8 Å². The quantitative estimate of drug-likeness (QED) is 0.648. The van der Waals surface area contributed by atoms with E-state index in [1.165, 1.54) is 0 Å². The third-order valence-electron chi connectivity index (χ3n) is 2.30. The van der Waals surface area contributed by atoms with Gasteiger partial charge in [-0.3, -0.25) is 0 Å². The molecule has 0 amide bonds. The van der Waals surface area contributed by atoms with Gasteiger partial charge in [-0.05, 0) is 5.56 Å². The fourth-order valence-corrected chi connectivity index (χ4v) is 3.89. The summed E-state index contributed by atoms with van der Waals surface area (Å²) in [6.07, 6.45) is 0. The van der Waals surface area contributed by atoms with Gasteiger partial charge >= 0.3 is 8.80 Å². The standard InChI is InChI=1S/C10H15ClO3Si.H3N/c1-12-15(13-2,14-3)10-7-5-4-6-9(10)8-11;/h4-7H,8H2,1-3H3;1H3. The van der Waals surface area contributed by atoms with Crippen LogP contribution in [0.25, 0.3) is 0 Å². The highest BCUT2D eigenvalue weighted by Crippen LogP contribution is 2.11. The Morgan fingerprint density at radius 1 is 1.06 bits per heavy atom. The molecular formula is C10H18ClNO3Si. The molecular weight excluding hydrogens is 246 g/mol. The first kappa shape index (κ1) is 15.6. The van der Waals surface area contributed by atoms with Gasteiger partial charge in [-0.2, -0.15) is 0 Å². The number of alkyl halides is 1. The Morgan fingerprint density at radius 3 is 2.00 bits per heavy atom. The molecule has 4 nitrogen and oxygen atoms in total. The monoisotopic (exact) mass is 263 g/mol. The van der Waals surface area contributed by atoms with Crippen LogP contribution in [0.5, 0.6) is 0 Å². The van der Waals surface area contributed by atoms with Crippen molar-refractivity contribution in [1.82, 2.24) is 6.15 Å². The summed E-state index contributed by atoms with van der Waals surface area (Å²) in [5.74, 6) is 0.418. The number of benzene rings is 1. The van der Waals surface area contributed by atoms with E-state index in [4.69, 9.17) is 24.9 Å². The van der Waals surface area contributed by atoms with Crippen LogP contribution in [0.1, 0.15) is 5.56 Å². The first-order chi connectivity index (χ1) is 7.24. The van der Waals surface area contributed by atoms with E-state index in [1.54, 1.807) is 21.3 Å². The second-order valence-corrected chi connectivity index (χ2v) is 6.10. The van der Waals surface area contributed by atoms with E-state index in [1.807, 2.05) is 24.3 Å². The summed E-state index contributed by atoms with van der Waals surface area (Å²) in [5.41, 5.74) is 0.983. The third-order valence-corrected chi connectivity index (χ3v) is 5.35. The van der Waals surface area contributed by atoms with Crippen LogP contribution in [0.4, 0.5) is 0 Å². The predicted octanol–water partition coefficient (Wildman–Crippen LogP) is 1.67. The van der Waals surface area contributed by atoms with E-state index in [2.05, 4.69) is 0 Å². The normalized spacial score (nSPS) is 11.0. The molecule has 0 aliphatic carbocycles. The molecule has 0 aliphatic rings. The first-order valence-electron chi connectivity index (χ1n) is 4.54. The summed E-state index contributed by atoms with van der Waals surface area (Å²) >= 11 is 5.86. The van der Waals surface area contributed by atoms with Crippen molar-refractivity contribution >= 4 is 25.6 Å². The summed E-state index contributed by atoms with van der Waals surface area (Å²) in [6.45, 7) is 0. The van der Waals surface area contributed by atoms with Crippen LogP contribution in [0, 0.1) is 0 Å². The summed E-state index contributed by atoms with van der Waals surface area (Å²) in [7, 11) is 2.02. The molecule has 0 saturated heterocycles. The minimum atomic E-state index is -2.74. The van der Waals surface area contributed by atoms with Gasteiger partial charge in [-0.15, -0.1) is 11.6 Å². The molecule has 0 aliphatic heterocycles. The van der Waals surface area contributed by atoms with Gasteiger partial charge in [-0.25, -0.2) is 0 Å². The fourth-order valence-electron chi connectivity index (χ4n) is 1.52. The van der Waals surface area contributed by atoms with Gasteiger partial charge in [-0.1, -0.05) is 24.3 Å². The third kappa shape index (κ3) is 2.82. The molecule has 0 fully saturated rings. The summed E-state index contributed by atoms with van der Waals surface area (Å²) in [4.78, 5) is 0. The summed E-state index contributed by atoms with van der Waals surface area (Å²) in [6, 6.07) is 7.73. The average Bonchev–Trinajstić information content (AvgIpc) is 2.33. The maximum atomic E-state index is 5.86. The van der Waals surface area contributed by atoms with E-state index in [-0.39, 0.29) is 6.15 Å². The van der Waals surface area contributed by atoms with E-state index in [9.17, 15) is 0 Å². The van der Waals surface area contributed by atoms with Gasteiger partial charge in [0.05, 0.1) is 0 Å². The highest BCUT2D eigenvalue weighted by atomic mass is 35.5. The largest absolute Gasteiger partial charge is 0.536 e. The molecule has 1 aromatic carbocycles. The second-order valence-electron chi connectivity index (χ2n) is 2.96. The van der Waals surface area contributed by atoms with E-state index < -0.39 is 8.80 Å². The van der Waals surface area contributed by atoms with Gasteiger partial charge in [0.2, 0.25) is 0 Å². The lowest BCUT2D eigenvalue weighted by Crippen LogP contribution is -2.55. The minimum absolute atomic E-state index is 0. The first-order valence-corrected chi connectivity index (χ1v) is 6.79. The Kier molecular flexibility index (Phi) is 6.81. The zero-order valence-corrected chi connectivity index (χ0v) is 11.6. The van der Waals surface area contributed by atoms with Gasteiger partial charge in [0, 0.05) is 32.4 Å². The smallest absolute Gasteiger partial charge is 0.373 e. The molecule has 0 heterocycles. The molecule has 92 valence electrons. The average molecular weight is 264 g/mol. The van der Waals surface area contributed by atoms with Crippen LogP contribution in [-0.2, 0) is 19.2 Å². The topological polar surface area (TPSA) is 62.7 Å². The van der Waals surface area contributed by atoms with Gasteiger partial charge in [0.15, 0.2) is 0 Å². The molecule has 3 N–H and O–H groups in total. The van der Waals surface area contributed by atoms with Crippen LogP contribution in [-0.4, -0.2) is 30.1 Å². The van der Waals surface area contributed by atoms with Crippen molar-refractivity contribution in [3.63, 3.8) is 0 Å². The highest BCUT2D eigenvalue weighted by Gasteiger charge is 2.42. The van der Waals surface area contributed by atoms with Gasteiger partial charge in [0.25, 0.3) is 0 Å². The molecule has 0 saturated carbocycles. The molecule has 1 aromatic rings. The molecule has 0 bridgehead atoms. The zero-order valence-electron chi connectivity index (χ0n) is 9.83. The highest BCUT2D eigenvalue weighted by molar-refractivity contribution is 6.75. The SMILES string of the molecule is CO[Si](OC)(OC)c1ccccc1CCl.N. The van der Waals surface area contributed by atoms with Crippen molar-refractivity contribution in [2.24, 2.45) is 0 Å². The van der Waals surface area contributed by atoms with Gasteiger partial charge < -0.3 is 19.4 Å². The number of halogens is 1. The van der Waals surface area contributed by atoms with Crippen molar-refractivity contribution in [3.05, 3.63) is 29.8 Å². The Hall–Kier alpha value is -0.433. The number of rotatable bonds is 5. The molecule has 6 heteroatoms. The lowest BCUT2D eigenvalue weighted by molar-refractivity contribution is 0.140. The van der Waals surface area contributed by atoms with Crippen LogP contribution in [0.15, 0.2) is 24.3 Å².